The number of rotatable bonds is 5. The van der Waals surface area contributed by atoms with Gasteiger partial charge >= 0.3 is 0 Å². The summed E-state index contributed by atoms with van der Waals surface area (Å²) in [5.74, 6) is -0.0738. The third kappa shape index (κ3) is 4.22. The van der Waals surface area contributed by atoms with E-state index >= 15 is 0 Å². The summed E-state index contributed by atoms with van der Waals surface area (Å²) in [7, 11) is 0. The quantitative estimate of drug-likeness (QED) is 0.643. The van der Waals surface area contributed by atoms with Crippen molar-refractivity contribution in [2.24, 2.45) is 0 Å². The number of para-hydroxylation sites is 1. The molecule has 0 aliphatic heterocycles. The minimum Gasteiger partial charge on any atom is -0.325 e. The molecule has 3 nitrogen and oxygen atoms in total. The van der Waals surface area contributed by atoms with E-state index in [4.69, 9.17) is 23.2 Å². The van der Waals surface area contributed by atoms with E-state index in [9.17, 15) is 4.79 Å². The van der Waals surface area contributed by atoms with Gasteiger partial charge in [0.15, 0.2) is 0 Å². The van der Waals surface area contributed by atoms with Crippen LogP contribution in [-0.4, -0.2) is 10.9 Å². The Bertz CT molecular complexity index is 814. The molecule has 23 heavy (non-hydrogen) atoms. The van der Waals surface area contributed by atoms with Crippen LogP contribution < -0.4 is 5.32 Å². The molecule has 118 valence electrons. The number of hydrogen-bond acceptors (Lipinski definition) is 3. The van der Waals surface area contributed by atoms with Gasteiger partial charge in [0.05, 0.1) is 25.9 Å². The molecule has 0 saturated carbocycles. The zero-order chi connectivity index (χ0) is 16.2. The van der Waals surface area contributed by atoms with Crippen molar-refractivity contribution in [2.75, 3.05) is 5.32 Å². The van der Waals surface area contributed by atoms with Gasteiger partial charge in [-0.1, -0.05) is 35.3 Å². The lowest BCUT2D eigenvalue weighted by molar-refractivity contribution is -0.116. The fourth-order valence-electron chi connectivity index (χ4n) is 2.23. The Morgan fingerprint density at radius 1 is 1.17 bits per heavy atom. The van der Waals surface area contributed by atoms with Gasteiger partial charge in [0, 0.05) is 11.4 Å². The monoisotopic (exact) mass is 364 g/mol. The lowest BCUT2D eigenvalue weighted by atomic mass is 10.2. The summed E-state index contributed by atoms with van der Waals surface area (Å²) in [4.78, 5) is 16.6. The Labute approximate surface area is 148 Å². The summed E-state index contributed by atoms with van der Waals surface area (Å²) in [6.45, 7) is 0. The molecule has 0 radical (unpaired) electrons. The number of anilines is 1. The molecular formula is C17H14Cl2N2OS. The molecule has 0 aliphatic carbocycles. The van der Waals surface area contributed by atoms with Gasteiger partial charge in [0.2, 0.25) is 5.91 Å². The number of fused-ring (bicyclic) bond motifs is 1. The second-order valence-corrected chi connectivity index (χ2v) is 7.06. The maximum Gasteiger partial charge on any atom is 0.224 e. The van der Waals surface area contributed by atoms with Crippen molar-refractivity contribution in [3.05, 3.63) is 57.5 Å². The van der Waals surface area contributed by atoms with Gasteiger partial charge in [-0.25, -0.2) is 4.98 Å². The predicted molar refractivity (Wildman–Crippen MR) is 97.6 cm³/mol. The zero-order valence-electron chi connectivity index (χ0n) is 12.2. The molecule has 0 spiro atoms. The van der Waals surface area contributed by atoms with Gasteiger partial charge in [0.1, 0.15) is 0 Å². The van der Waals surface area contributed by atoms with Crippen molar-refractivity contribution >= 4 is 56.3 Å². The van der Waals surface area contributed by atoms with Crippen LogP contribution in [-0.2, 0) is 11.2 Å². The molecule has 1 heterocycles. The number of aromatic nitrogens is 1. The number of carbonyl (C=O) groups excluding carboxylic acids is 1. The van der Waals surface area contributed by atoms with E-state index in [0.717, 1.165) is 23.4 Å². The normalized spacial score (nSPS) is 10.9. The van der Waals surface area contributed by atoms with Gasteiger partial charge in [-0.3, -0.25) is 4.79 Å². The largest absolute Gasteiger partial charge is 0.325 e. The topological polar surface area (TPSA) is 42.0 Å². The highest BCUT2D eigenvalue weighted by Gasteiger charge is 2.08. The number of hydrogen-bond donors (Lipinski definition) is 1. The fraction of sp³-hybridized carbons (Fsp3) is 0.176. The summed E-state index contributed by atoms with van der Waals surface area (Å²) in [5.41, 5.74) is 1.56. The Hall–Kier alpha value is -1.62. The lowest BCUT2D eigenvalue weighted by Crippen LogP contribution is -2.11. The van der Waals surface area contributed by atoms with E-state index in [2.05, 4.69) is 16.4 Å². The number of aryl methyl sites for hydroxylation is 1. The first kappa shape index (κ1) is 16.2. The molecule has 0 bridgehead atoms. The summed E-state index contributed by atoms with van der Waals surface area (Å²) in [6.07, 6.45) is 1.94. The smallest absolute Gasteiger partial charge is 0.224 e. The van der Waals surface area contributed by atoms with Gasteiger partial charge in [-0.05, 0) is 43.2 Å². The summed E-state index contributed by atoms with van der Waals surface area (Å²) < 4.78 is 1.18. The second kappa shape index (κ2) is 7.30. The first-order valence-corrected chi connectivity index (χ1v) is 8.78. The van der Waals surface area contributed by atoms with Crippen LogP contribution in [0.1, 0.15) is 17.8 Å². The van der Waals surface area contributed by atoms with Crippen molar-refractivity contribution < 1.29 is 4.79 Å². The van der Waals surface area contributed by atoms with Crippen LogP contribution in [0.2, 0.25) is 10.0 Å². The number of benzene rings is 2. The fourth-order valence-corrected chi connectivity index (χ4v) is 3.58. The molecule has 1 aromatic heterocycles. The van der Waals surface area contributed by atoms with Crippen molar-refractivity contribution in [1.29, 1.82) is 0 Å². The molecule has 1 N–H and O–H groups in total. The van der Waals surface area contributed by atoms with Crippen molar-refractivity contribution in [3.8, 4) is 0 Å². The molecule has 0 unspecified atom stereocenters. The molecule has 1 amide bonds. The number of nitrogens with one attached hydrogen (secondary N) is 1. The minimum absolute atomic E-state index is 0.0738. The van der Waals surface area contributed by atoms with Crippen LogP contribution in [0.5, 0.6) is 0 Å². The Kier molecular flexibility index (Phi) is 5.16. The summed E-state index contributed by atoms with van der Waals surface area (Å²) in [5, 5.41) is 4.87. The number of amides is 1. The molecular weight excluding hydrogens is 351 g/mol. The SMILES string of the molecule is O=C(CCCc1nc2ccccc2s1)Nc1cc(Cl)ccc1Cl. The van der Waals surface area contributed by atoms with Crippen molar-refractivity contribution in [2.45, 2.75) is 19.3 Å². The van der Waals surface area contributed by atoms with E-state index in [0.29, 0.717) is 22.2 Å². The minimum atomic E-state index is -0.0738. The van der Waals surface area contributed by atoms with Gasteiger partial charge in [-0.2, -0.15) is 0 Å². The first-order chi connectivity index (χ1) is 11.1. The van der Waals surface area contributed by atoms with Crippen LogP contribution in [0.4, 0.5) is 5.69 Å². The molecule has 0 saturated heterocycles. The molecule has 2 aromatic carbocycles. The Balaban J connectivity index is 1.53. The van der Waals surface area contributed by atoms with E-state index in [-0.39, 0.29) is 5.91 Å². The number of nitrogens with zero attached hydrogens (tertiary/aromatic N) is 1. The summed E-state index contributed by atoms with van der Waals surface area (Å²) in [6, 6.07) is 13.1. The highest BCUT2D eigenvalue weighted by molar-refractivity contribution is 7.18. The van der Waals surface area contributed by atoms with Gasteiger partial charge in [0.25, 0.3) is 0 Å². The Morgan fingerprint density at radius 3 is 2.83 bits per heavy atom. The number of thiazole rings is 1. The maximum atomic E-state index is 12.0. The lowest BCUT2D eigenvalue weighted by Gasteiger charge is -2.07. The van der Waals surface area contributed by atoms with Crippen LogP contribution in [0.3, 0.4) is 0 Å². The van der Waals surface area contributed by atoms with Gasteiger partial charge in [-0.15, -0.1) is 11.3 Å². The zero-order valence-corrected chi connectivity index (χ0v) is 14.5. The van der Waals surface area contributed by atoms with E-state index in [1.165, 1.54) is 4.70 Å². The van der Waals surface area contributed by atoms with Crippen LogP contribution in [0.25, 0.3) is 10.2 Å². The van der Waals surface area contributed by atoms with E-state index < -0.39 is 0 Å². The average molecular weight is 365 g/mol. The molecule has 6 heteroatoms. The van der Waals surface area contributed by atoms with E-state index in [1.807, 2.05) is 18.2 Å². The highest BCUT2D eigenvalue weighted by Crippen LogP contribution is 2.26. The second-order valence-electron chi connectivity index (χ2n) is 5.10. The molecule has 3 rings (SSSR count). The molecule has 0 fully saturated rings. The molecule has 3 aromatic rings. The molecule has 0 atom stereocenters. The standard InChI is InChI=1S/C17H14Cl2N2OS/c18-11-8-9-12(19)14(10-11)20-16(22)6-3-7-17-21-13-4-1-2-5-15(13)23-17/h1-2,4-5,8-10H,3,6-7H2,(H,20,22). The molecule has 0 aliphatic rings. The average Bonchev–Trinajstić information content (AvgIpc) is 2.93. The first-order valence-electron chi connectivity index (χ1n) is 7.21. The van der Waals surface area contributed by atoms with Crippen LogP contribution >= 0.6 is 34.5 Å². The van der Waals surface area contributed by atoms with Crippen molar-refractivity contribution in [1.82, 2.24) is 4.98 Å². The van der Waals surface area contributed by atoms with Gasteiger partial charge < -0.3 is 5.32 Å². The maximum absolute atomic E-state index is 12.0. The van der Waals surface area contributed by atoms with E-state index in [1.54, 1.807) is 29.5 Å². The predicted octanol–water partition coefficient (Wildman–Crippen LogP) is 5.56. The van der Waals surface area contributed by atoms with Crippen molar-refractivity contribution in [3.63, 3.8) is 0 Å². The third-order valence-electron chi connectivity index (χ3n) is 3.34. The van der Waals surface area contributed by atoms with Crippen LogP contribution in [0.15, 0.2) is 42.5 Å². The Morgan fingerprint density at radius 2 is 2.00 bits per heavy atom. The van der Waals surface area contributed by atoms with Crippen LogP contribution in [0, 0.1) is 0 Å². The summed E-state index contributed by atoms with van der Waals surface area (Å²) >= 11 is 13.6. The highest BCUT2D eigenvalue weighted by atomic mass is 35.5. The number of halogens is 2. The third-order valence-corrected chi connectivity index (χ3v) is 5.00. The number of carbonyl (C=O) groups is 1.